The van der Waals surface area contributed by atoms with Gasteiger partial charge in [0.1, 0.15) is 0 Å². The smallest absolute Gasteiger partial charge is 0.217 e. The maximum absolute atomic E-state index is 12.2. The number of rotatable bonds is 3. The number of nitrogens with zero attached hydrogens (tertiary/aromatic N) is 1. The first-order chi connectivity index (χ1) is 8.66. The summed E-state index contributed by atoms with van der Waals surface area (Å²) in [5, 5.41) is 2.92. The quantitative estimate of drug-likeness (QED) is 0.829. The zero-order valence-electron chi connectivity index (χ0n) is 10.6. The van der Waals surface area contributed by atoms with Gasteiger partial charge >= 0.3 is 0 Å². The van der Waals surface area contributed by atoms with Crippen LogP contribution in [0.1, 0.15) is 43.0 Å². The summed E-state index contributed by atoms with van der Waals surface area (Å²) in [7, 11) is 0. The van der Waals surface area contributed by atoms with Crippen LogP contribution in [0.15, 0.2) is 24.5 Å². The van der Waals surface area contributed by atoms with Crippen LogP contribution in [0.2, 0.25) is 0 Å². The zero-order valence-corrected chi connectivity index (χ0v) is 10.6. The largest absolute Gasteiger partial charge is 0.354 e. The number of Topliss-reactive ketones (excluding diaryl/α,β-unsaturated/α-hetero) is 1. The van der Waals surface area contributed by atoms with Gasteiger partial charge in [-0.3, -0.25) is 14.6 Å². The fourth-order valence-electron chi connectivity index (χ4n) is 2.53. The molecule has 0 unspecified atom stereocenters. The number of amides is 1. The van der Waals surface area contributed by atoms with Crippen molar-refractivity contribution < 1.29 is 9.59 Å². The summed E-state index contributed by atoms with van der Waals surface area (Å²) in [6.45, 7) is 1.53. The molecule has 0 aromatic carbocycles. The number of hydrogen-bond acceptors (Lipinski definition) is 3. The molecule has 1 saturated carbocycles. The molecule has 96 valence electrons. The minimum atomic E-state index is 0.0111. The standard InChI is InChI=1S/C14H18N2O2/c1-10(17)16-13-6-4-11(5-7-13)14(18)12-3-2-8-15-9-12/h2-3,8-9,11,13H,4-7H2,1H3,(H,16,17). The topological polar surface area (TPSA) is 59.1 Å². The summed E-state index contributed by atoms with van der Waals surface area (Å²) in [5.41, 5.74) is 0.695. The van der Waals surface area contributed by atoms with E-state index in [2.05, 4.69) is 10.3 Å². The van der Waals surface area contributed by atoms with Crippen LogP contribution in [-0.4, -0.2) is 22.7 Å². The second kappa shape index (κ2) is 5.76. The molecule has 1 heterocycles. The molecule has 0 radical (unpaired) electrons. The average molecular weight is 246 g/mol. The first-order valence-electron chi connectivity index (χ1n) is 6.38. The molecule has 1 amide bonds. The van der Waals surface area contributed by atoms with Crippen LogP contribution in [-0.2, 0) is 4.79 Å². The lowest BCUT2D eigenvalue weighted by Crippen LogP contribution is -2.37. The summed E-state index contributed by atoms with van der Waals surface area (Å²) >= 11 is 0. The van der Waals surface area contributed by atoms with E-state index in [0.29, 0.717) is 5.56 Å². The Labute approximate surface area is 107 Å². The molecule has 0 bridgehead atoms. The predicted octanol–water partition coefficient (Wildman–Crippen LogP) is 1.96. The number of hydrogen-bond donors (Lipinski definition) is 1. The van der Waals surface area contributed by atoms with E-state index in [1.807, 2.05) is 6.07 Å². The molecule has 0 saturated heterocycles. The predicted molar refractivity (Wildman–Crippen MR) is 68.1 cm³/mol. The minimum absolute atomic E-state index is 0.0111. The molecule has 1 fully saturated rings. The molecule has 18 heavy (non-hydrogen) atoms. The zero-order chi connectivity index (χ0) is 13.0. The van der Waals surface area contributed by atoms with Gasteiger partial charge in [-0.2, -0.15) is 0 Å². The third-order valence-corrected chi connectivity index (χ3v) is 3.45. The summed E-state index contributed by atoms with van der Waals surface area (Å²) in [6, 6.07) is 3.84. The van der Waals surface area contributed by atoms with Crippen LogP contribution in [0.3, 0.4) is 0 Å². The highest BCUT2D eigenvalue weighted by Gasteiger charge is 2.27. The van der Waals surface area contributed by atoms with Crippen molar-refractivity contribution in [3.05, 3.63) is 30.1 Å². The molecule has 1 aromatic heterocycles. The van der Waals surface area contributed by atoms with E-state index in [9.17, 15) is 9.59 Å². The van der Waals surface area contributed by atoms with Crippen LogP contribution in [0.5, 0.6) is 0 Å². The van der Waals surface area contributed by atoms with Crippen LogP contribution in [0.4, 0.5) is 0 Å². The van der Waals surface area contributed by atoms with E-state index in [4.69, 9.17) is 0 Å². The summed E-state index contributed by atoms with van der Waals surface area (Å²) in [4.78, 5) is 27.1. The van der Waals surface area contributed by atoms with Crippen molar-refractivity contribution >= 4 is 11.7 Å². The molecule has 1 aromatic rings. The Morgan fingerprint density at radius 1 is 1.28 bits per heavy atom. The third-order valence-electron chi connectivity index (χ3n) is 3.45. The normalized spacial score (nSPS) is 23.4. The molecule has 0 spiro atoms. The van der Waals surface area contributed by atoms with Crippen molar-refractivity contribution in [3.8, 4) is 0 Å². The molecular formula is C14H18N2O2. The van der Waals surface area contributed by atoms with Gasteiger partial charge in [0.25, 0.3) is 0 Å². The maximum atomic E-state index is 12.2. The number of carbonyl (C=O) groups excluding carboxylic acids is 2. The molecular weight excluding hydrogens is 228 g/mol. The fraction of sp³-hybridized carbons (Fsp3) is 0.500. The minimum Gasteiger partial charge on any atom is -0.354 e. The van der Waals surface area contributed by atoms with Gasteiger partial charge in [-0.25, -0.2) is 0 Å². The molecule has 0 aliphatic heterocycles. The lowest BCUT2D eigenvalue weighted by molar-refractivity contribution is -0.119. The Bertz CT molecular complexity index is 423. The van der Waals surface area contributed by atoms with Crippen molar-refractivity contribution in [2.75, 3.05) is 0 Å². The van der Waals surface area contributed by atoms with Gasteiger partial charge < -0.3 is 5.32 Å². The van der Waals surface area contributed by atoms with Crippen molar-refractivity contribution in [2.45, 2.75) is 38.6 Å². The van der Waals surface area contributed by atoms with Gasteiger partial charge in [-0.05, 0) is 37.8 Å². The first kappa shape index (κ1) is 12.7. The summed E-state index contributed by atoms with van der Waals surface area (Å²) in [5.74, 6) is 0.278. The third kappa shape index (κ3) is 3.15. The lowest BCUT2D eigenvalue weighted by atomic mass is 9.82. The van der Waals surface area contributed by atoms with Gasteiger partial charge in [-0.1, -0.05) is 0 Å². The molecule has 0 atom stereocenters. The Balaban J connectivity index is 1.90. The highest BCUT2D eigenvalue weighted by atomic mass is 16.1. The molecule has 1 aliphatic carbocycles. The van der Waals surface area contributed by atoms with Crippen LogP contribution in [0, 0.1) is 5.92 Å². The highest BCUT2D eigenvalue weighted by molar-refractivity contribution is 5.97. The van der Waals surface area contributed by atoms with Crippen molar-refractivity contribution in [1.29, 1.82) is 0 Å². The van der Waals surface area contributed by atoms with Crippen LogP contribution < -0.4 is 5.32 Å². The number of nitrogens with one attached hydrogen (secondary N) is 1. The lowest BCUT2D eigenvalue weighted by Gasteiger charge is -2.27. The molecule has 2 rings (SSSR count). The van der Waals surface area contributed by atoms with Crippen molar-refractivity contribution in [2.24, 2.45) is 5.92 Å². The SMILES string of the molecule is CC(=O)NC1CCC(C(=O)c2cccnc2)CC1. The molecule has 4 nitrogen and oxygen atoms in total. The van der Waals surface area contributed by atoms with Crippen LogP contribution >= 0.6 is 0 Å². The van der Waals surface area contributed by atoms with Gasteiger partial charge in [0.05, 0.1) is 0 Å². The fourth-order valence-corrected chi connectivity index (χ4v) is 2.53. The van der Waals surface area contributed by atoms with E-state index in [0.717, 1.165) is 25.7 Å². The molecule has 4 heteroatoms. The van der Waals surface area contributed by atoms with E-state index in [1.165, 1.54) is 6.92 Å². The van der Waals surface area contributed by atoms with Gasteiger partial charge in [-0.15, -0.1) is 0 Å². The van der Waals surface area contributed by atoms with E-state index < -0.39 is 0 Å². The Kier molecular flexibility index (Phi) is 4.07. The number of carbonyl (C=O) groups is 2. The average Bonchev–Trinajstić information content (AvgIpc) is 2.39. The number of ketones is 1. The van der Waals surface area contributed by atoms with Crippen molar-refractivity contribution in [3.63, 3.8) is 0 Å². The Hall–Kier alpha value is -1.71. The maximum Gasteiger partial charge on any atom is 0.217 e. The van der Waals surface area contributed by atoms with E-state index in [1.54, 1.807) is 18.5 Å². The van der Waals surface area contributed by atoms with E-state index >= 15 is 0 Å². The molecule has 1 N–H and O–H groups in total. The number of pyridine rings is 1. The first-order valence-corrected chi connectivity index (χ1v) is 6.38. The monoisotopic (exact) mass is 246 g/mol. The number of aromatic nitrogens is 1. The van der Waals surface area contributed by atoms with Gasteiger partial charge in [0.15, 0.2) is 5.78 Å². The van der Waals surface area contributed by atoms with Gasteiger partial charge in [0.2, 0.25) is 5.91 Å². The Morgan fingerprint density at radius 2 is 2.00 bits per heavy atom. The van der Waals surface area contributed by atoms with E-state index in [-0.39, 0.29) is 23.7 Å². The molecule has 1 aliphatic rings. The summed E-state index contributed by atoms with van der Waals surface area (Å²) < 4.78 is 0. The van der Waals surface area contributed by atoms with Crippen LogP contribution in [0.25, 0.3) is 0 Å². The summed E-state index contributed by atoms with van der Waals surface area (Å²) in [6.07, 6.45) is 6.76. The second-order valence-corrected chi connectivity index (χ2v) is 4.86. The Morgan fingerprint density at radius 3 is 2.56 bits per heavy atom. The van der Waals surface area contributed by atoms with Gasteiger partial charge in [0, 0.05) is 36.8 Å². The second-order valence-electron chi connectivity index (χ2n) is 4.86. The van der Waals surface area contributed by atoms with Crippen molar-refractivity contribution in [1.82, 2.24) is 10.3 Å². The highest BCUT2D eigenvalue weighted by Crippen LogP contribution is 2.27.